The van der Waals surface area contributed by atoms with E-state index in [0.717, 1.165) is 37.8 Å². The first-order valence-electron chi connectivity index (χ1n) is 8.10. The number of benzene rings is 1. The Balaban J connectivity index is 1.96. The Kier molecular flexibility index (Phi) is 5.93. The quantitative estimate of drug-likeness (QED) is 0.828. The Morgan fingerprint density at radius 3 is 2.39 bits per heavy atom. The largest absolute Gasteiger partial charge is 0.336 e. The van der Waals surface area contributed by atoms with Gasteiger partial charge >= 0.3 is 6.03 Å². The summed E-state index contributed by atoms with van der Waals surface area (Å²) in [5.41, 5.74) is -0.0847. The van der Waals surface area contributed by atoms with Gasteiger partial charge in [0, 0.05) is 18.2 Å². The van der Waals surface area contributed by atoms with Gasteiger partial charge in [-0.25, -0.2) is 13.6 Å². The first-order valence-corrected chi connectivity index (χ1v) is 8.10. The van der Waals surface area contributed by atoms with Crippen LogP contribution >= 0.6 is 0 Å². The maximum Gasteiger partial charge on any atom is 0.319 e. The third kappa shape index (κ3) is 4.64. The molecule has 0 atom stereocenters. The zero-order chi connectivity index (χ0) is 16.9. The molecule has 1 saturated carbocycles. The Morgan fingerprint density at radius 1 is 1.17 bits per heavy atom. The highest BCUT2D eigenvalue weighted by Crippen LogP contribution is 2.30. The highest BCUT2D eigenvalue weighted by molar-refractivity contribution is 5.89. The topological polar surface area (TPSA) is 44.4 Å². The van der Waals surface area contributed by atoms with E-state index in [4.69, 9.17) is 0 Å². The van der Waals surface area contributed by atoms with Crippen molar-refractivity contribution in [1.29, 1.82) is 0 Å². The molecule has 0 radical (unpaired) electrons. The van der Waals surface area contributed by atoms with Gasteiger partial charge in [0.15, 0.2) is 0 Å². The van der Waals surface area contributed by atoms with E-state index in [0.29, 0.717) is 6.54 Å². The maximum atomic E-state index is 13.6. The lowest BCUT2D eigenvalue weighted by Crippen LogP contribution is -2.53. The maximum absolute atomic E-state index is 13.6. The number of nitrogens with zero attached hydrogens (tertiary/aromatic N) is 1. The number of carbonyl (C=O) groups is 1. The average Bonchev–Trinajstić information content (AvgIpc) is 2.75. The molecule has 1 aliphatic carbocycles. The first-order chi connectivity index (χ1) is 10.9. The predicted octanol–water partition coefficient (Wildman–Crippen LogP) is 3.74. The number of likely N-dealkylation sites (N-methyl/N-ethyl adjacent to an activating group) is 1. The summed E-state index contributed by atoms with van der Waals surface area (Å²) in [7, 11) is 4.06. The lowest BCUT2D eigenvalue weighted by molar-refractivity contribution is 0.129. The van der Waals surface area contributed by atoms with Crippen LogP contribution in [-0.2, 0) is 0 Å². The fraction of sp³-hybridized carbons (Fsp3) is 0.588. The number of rotatable bonds is 4. The van der Waals surface area contributed by atoms with Gasteiger partial charge in [-0.2, -0.15) is 0 Å². The number of anilines is 1. The van der Waals surface area contributed by atoms with Crippen molar-refractivity contribution in [3.05, 3.63) is 29.8 Å². The first kappa shape index (κ1) is 17.7. The van der Waals surface area contributed by atoms with Crippen LogP contribution in [0.2, 0.25) is 0 Å². The molecule has 128 valence electrons. The minimum absolute atomic E-state index is 0.0244. The summed E-state index contributed by atoms with van der Waals surface area (Å²) in [5.74, 6) is -1.45. The second kappa shape index (κ2) is 7.73. The van der Waals surface area contributed by atoms with E-state index in [-0.39, 0.29) is 11.2 Å². The van der Waals surface area contributed by atoms with Crippen LogP contribution in [0, 0.1) is 11.6 Å². The van der Waals surface area contributed by atoms with Crippen LogP contribution in [0.4, 0.5) is 19.3 Å². The monoisotopic (exact) mass is 325 g/mol. The minimum atomic E-state index is -0.781. The molecular formula is C17H25F2N3O. The van der Waals surface area contributed by atoms with E-state index in [1.807, 2.05) is 14.1 Å². The van der Waals surface area contributed by atoms with Gasteiger partial charge in [0.25, 0.3) is 0 Å². The number of nitrogens with one attached hydrogen (secondary N) is 2. The lowest BCUT2D eigenvalue weighted by atomic mass is 9.89. The van der Waals surface area contributed by atoms with Crippen LogP contribution in [0.15, 0.2) is 18.2 Å². The van der Waals surface area contributed by atoms with Crippen molar-refractivity contribution in [2.75, 3.05) is 26.0 Å². The summed E-state index contributed by atoms with van der Waals surface area (Å²) in [6, 6.07) is 2.62. The van der Waals surface area contributed by atoms with E-state index in [1.165, 1.54) is 18.9 Å². The molecule has 2 N–H and O–H groups in total. The molecule has 0 unspecified atom stereocenters. The summed E-state index contributed by atoms with van der Waals surface area (Å²) < 4.78 is 26.5. The number of hydrogen-bond donors (Lipinski definition) is 2. The molecule has 1 aromatic carbocycles. The van der Waals surface area contributed by atoms with E-state index >= 15 is 0 Å². The van der Waals surface area contributed by atoms with Gasteiger partial charge < -0.3 is 15.5 Å². The second-order valence-electron chi connectivity index (χ2n) is 6.46. The average molecular weight is 325 g/mol. The van der Waals surface area contributed by atoms with Crippen molar-refractivity contribution in [1.82, 2.24) is 10.2 Å². The lowest BCUT2D eigenvalue weighted by Gasteiger charge is -2.39. The van der Waals surface area contributed by atoms with Crippen LogP contribution in [-0.4, -0.2) is 37.1 Å². The molecule has 0 aliphatic heterocycles. The Bertz CT molecular complexity index is 541. The predicted molar refractivity (Wildman–Crippen MR) is 87.5 cm³/mol. The molecular weight excluding hydrogens is 300 g/mol. The zero-order valence-electron chi connectivity index (χ0n) is 13.8. The fourth-order valence-corrected chi connectivity index (χ4v) is 3.17. The minimum Gasteiger partial charge on any atom is -0.336 e. The van der Waals surface area contributed by atoms with Crippen LogP contribution in [0.25, 0.3) is 0 Å². The number of halogens is 2. The van der Waals surface area contributed by atoms with Crippen molar-refractivity contribution < 1.29 is 13.6 Å². The molecule has 4 nitrogen and oxygen atoms in total. The van der Waals surface area contributed by atoms with Crippen LogP contribution in [0.5, 0.6) is 0 Å². The van der Waals surface area contributed by atoms with E-state index < -0.39 is 17.7 Å². The van der Waals surface area contributed by atoms with Gasteiger partial charge in [-0.1, -0.05) is 25.7 Å². The van der Waals surface area contributed by atoms with Gasteiger partial charge in [-0.3, -0.25) is 0 Å². The fourth-order valence-electron chi connectivity index (χ4n) is 3.17. The third-order valence-corrected chi connectivity index (χ3v) is 4.74. The highest BCUT2D eigenvalue weighted by Gasteiger charge is 2.33. The standard InChI is InChI=1S/C17H25F2N3O/c1-22(2)17(9-5-3-4-6-10-17)12-20-16(23)21-15-8-7-13(18)11-14(15)19/h7-8,11H,3-6,9-10,12H2,1-2H3,(H2,20,21,23). The summed E-state index contributed by atoms with van der Waals surface area (Å²) in [6.45, 7) is 0.509. The molecule has 0 bridgehead atoms. The third-order valence-electron chi connectivity index (χ3n) is 4.74. The number of hydrogen-bond acceptors (Lipinski definition) is 2. The molecule has 2 amide bonds. The normalized spacial score (nSPS) is 17.6. The van der Waals surface area contributed by atoms with Crippen molar-refractivity contribution in [3.63, 3.8) is 0 Å². The van der Waals surface area contributed by atoms with E-state index in [2.05, 4.69) is 15.5 Å². The Hall–Kier alpha value is -1.69. The molecule has 0 saturated heterocycles. The Labute approximate surface area is 136 Å². The summed E-state index contributed by atoms with van der Waals surface area (Å²) >= 11 is 0. The summed E-state index contributed by atoms with van der Waals surface area (Å²) in [4.78, 5) is 14.2. The Morgan fingerprint density at radius 2 is 1.83 bits per heavy atom. The van der Waals surface area contributed by atoms with Crippen LogP contribution in [0.3, 0.4) is 0 Å². The van der Waals surface area contributed by atoms with Gasteiger partial charge in [0.05, 0.1) is 5.69 Å². The molecule has 6 heteroatoms. The summed E-state index contributed by atoms with van der Waals surface area (Å²) in [5, 5.41) is 5.28. The van der Waals surface area contributed by atoms with Gasteiger partial charge in [-0.15, -0.1) is 0 Å². The molecule has 1 fully saturated rings. The summed E-state index contributed by atoms with van der Waals surface area (Å²) in [6.07, 6.45) is 6.81. The van der Waals surface area contributed by atoms with E-state index in [9.17, 15) is 13.6 Å². The van der Waals surface area contributed by atoms with Crippen molar-refractivity contribution in [2.45, 2.75) is 44.1 Å². The molecule has 2 rings (SSSR count). The number of amides is 2. The molecule has 0 spiro atoms. The van der Waals surface area contributed by atoms with Crippen LogP contribution in [0.1, 0.15) is 38.5 Å². The molecule has 0 heterocycles. The number of urea groups is 1. The smallest absolute Gasteiger partial charge is 0.319 e. The molecule has 1 aromatic rings. The molecule has 0 aromatic heterocycles. The van der Waals surface area contributed by atoms with Crippen molar-refractivity contribution >= 4 is 11.7 Å². The molecule has 1 aliphatic rings. The highest BCUT2D eigenvalue weighted by atomic mass is 19.1. The molecule has 23 heavy (non-hydrogen) atoms. The number of carbonyl (C=O) groups excluding carboxylic acids is 1. The zero-order valence-corrected chi connectivity index (χ0v) is 13.8. The van der Waals surface area contributed by atoms with Crippen LogP contribution < -0.4 is 10.6 Å². The van der Waals surface area contributed by atoms with Crippen molar-refractivity contribution in [3.8, 4) is 0 Å². The SMILES string of the molecule is CN(C)C1(CNC(=O)Nc2ccc(F)cc2F)CCCCCC1. The van der Waals surface area contributed by atoms with E-state index in [1.54, 1.807) is 0 Å². The van der Waals surface area contributed by atoms with Gasteiger partial charge in [0.2, 0.25) is 0 Å². The van der Waals surface area contributed by atoms with Crippen molar-refractivity contribution in [2.24, 2.45) is 0 Å². The second-order valence-corrected chi connectivity index (χ2v) is 6.46. The van der Waals surface area contributed by atoms with Gasteiger partial charge in [0.1, 0.15) is 11.6 Å². The van der Waals surface area contributed by atoms with Gasteiger partial charge in [-0.05, 0) is 39.1 Å².